The van der Waals surface area contributed by atoms with Gasteiger partial charge in [-0.3, -0.25) is 4.79 Å². The Morgan fingerprint density at radius 2 is 2.04 bits per heavy atom. The fourth-order valence-corrected chi connectivity index (χ4v) is 3.92. The summed E-state index contributed by atoms with van der Waals surface area (Å²) in [6.07, 6.45) is 1.51. The number of likely N-dealkylation sites (tertiary alicyclic amines) is 1. The Kier molecular flexibility index (Phi) is 5.07. The van der Waals surface area contributed by atoms with Crippen molar-refractivity contribution < 1.29 is 9.53 Å². The molecular weight excluding hydrogens is 350 g/mol. The number of benzene rings is 2. The number of fused-ring (bicyclic) bond motifs is 1. The second-order valence-electron chi connectivity index (χ2n) is 7.72. The van der Waals surface area contributed by atoms with Crippen LogP contribution in [-0.4, -0.2) is 40.0 Å². The van der Waals surface area contributed by atoms with Gasteiger partial charge in [0, 0.05) is 19.0 Å². The molecule has 0 spiro atoms. The average molecular weight is 377 g/mol. The monoisotopic (exact) mass is 377 g/mol. The maximum atomic E-state index is 13.0. The molecule has 5 heteroatoms. The van der Waals surface area contributed by atoms with Gasteiger partial charge in [-0.25, -0.2) is 4.98 Å². The van der Waals surface area contributed by atoms with E-state index < -0.39 is 6.10 Å². The third kappa shape index (κ3) is 3.61. The van der Waals surface area contributed by atoms with E-state index in [0.29, 0.717) is 6.54 Å². The van der Waals surface area contributed by atoms with Crippen molar-refractivity contribution in [2.24, 2.45) is 0 Å². The molecule has 0 saturated carbocycles. The van der Waals surface area contributed by atoms with Crippen LogP contribution in [0.2, 0.25) is 0 Å². The number of nitrogens with zero attached hydrogens (tertiary/aromatic N) is 2. The molecule has 146 valence electrons. The van der Waals surface area contributed by atoms with Crippen LogP contribution in [0.5, 0.6) is 5.75 Å². The molecule has 0 radical (unpaired) electrons. The summed E-state index contributed by atoms with van der Waals surface area (Å²) >= 11 is 0. The van der Waals surface area contributed by atoms with Crippen LogP contribution in [0.3, 0.4) is 0 Å². The van der Waals surface area contributed by atoms with E-state index in [1.165, 1.54) is 5.56 Å². The average Bonchev–Trinajstić information content (AvgIpc) is 3.15. The van der Waals surface area contributed by atoms with Crippen molar-refractivity contribution in [3.05, 3.63) is 59.4 Å². The molecule has 2 aromatic carbocycles. The Morgan fingerprint density at radius 1 is 1.21 bits per heavy atom. The molecule has 28 heavy (non-hydrogen) atoms. The van der Waals surface area contributed by atoms with E-state index in [1.54, 1.807) is 0 Å². The molecule has 0 bridgehead atoms. The van der Waals surface area contributed by atoms with Gasteiger partial charge in [0.05, 0.1) is 11.0 Å². The minimum Gasteiger partial charge on any atom is -0.481 e. The van der Waals surface area contributed by atoms with Crippen LogP contribution in [0, 0.1) is 13.8 Å². The zero-order chi connectivity index (χ0) is 19.7. The molecule has 3 aromatic rings. The number of hydrogen-bond acceptors (Lipinski definition) is 3. The number of nitrogens with one attached hydrogen (secondary N) is 1. The number of imidazole rings is 1. The standard InChI is InChI=1S/C23H27N3O2/c1-15-8-6-12-21(16(15)2)28-17(3)23(27)26-13-7-9-18(14-26)22-24-19-10-4-5-11-20(19)25-22/h4-6,8,10-12,17-18H,7,9,13-14H2,1-3H3,(H,24,25)/t17-,18-/m1/s1. The highest BCUT2D eigenvalue weighted by Crippen LogP contribution is 2.28. The van der Waals surface area contributed by atoms with Crippen LogP contribution in [0.1, 0.15) is 42.6 Å². The van der Waals surface area contributed by atoms with E-state index in [9.17, 15) is 4.79 Å². The van der Waals surface area contributed by atoms with Gasteiger partial charge in [-0.15, -0.1) is 0 Å². The molecule has 1 aliphatic heterocycles. The lowest BCUT2D eigenvalue weighted by molar-refractivity contribution is -0.139. The van der Waals surface area contributed by atoms with Crippen LogP contribution in [0.15, 0.2) is 42.5 Å². The molecule has 4 rings (SSSR count). The summed E-state index contributed by atoms with van der Waals surface area (Å²) in [7, 11) is 0. The van der Waals surface area contributed by atoms with Crippen LogP contribution >= 0.6 is 0 Å². The van der Waals surface area contributed by atoms with Gasteiger partial charge in [-0.05, 0) is 62.9 Å². The zero-order valence-electron chi connectivity index (χ0n) is 16.7. The summed E-state index contributed by atoms with van der Waals surface area (Å²) < 4.78 is 6.02. The largest absolute Gasteiger partial charge is 0.481 e. The van der Waals surface area contributed by atoms with E-state index in [1.807, 2.05) is 55.1 Å². The Balaban J connectivity index is 1.46. The molecule has 5 nitrogen and oxygen atoms in total. The van der Waals surface area contributed by atoms with Crippen LogP contribution in [0.25, 0.3) is 11.0 Å². The first-order valence-electron chi connectivity index (χ1n) is 9.99. The number of rotatable bonds is 4. The van der Waals surface area contributed by atoms with Gasteiger partial charge in [-0.1, -0.05) is 24.3 Å². The topological polar surface area (TPSA) is 58.2 Å². The Hall–Kier alpha value is -2.82. The van der Waals surface area contributed by atoms with Gasteiger partial charge < -0.3 is 14.6 Å². The maximum Gasteiger partial charge on any atom is 0.263 e. The molecule has 1 amide bonds. The van der Waals surface area contributed by atoms with Crippen LogP contribution in [0.4, 0.5) is 0 Å². The highest BCUT2D eigenvalue weighted by atomic mass is 16.5. The van der Waals surface area contributed by atoms with E-state index in [-0.39, 0.29) is 11.8 Å². The van der Waals surface area contributed by atoms with Gasteiger partial charge in [0.25, 0.3) is 5.91 Å². The fourth-order valence-electron chi connectivity index (χ4n) is 3.92. The van der Waals surface area contributed by atoms with Crippen molar-refractivity contribution in [1.29, 1.82) is 0 Å². The molecule has 2 atom stereocenters. The fraction of sp³-hybridized carbons (Fsp3) is 0.391. The number of piperidine rings is 1. The quantitative estimate of drug-likeness (QED) is 0.735. The smallest absolute Gasteiger partial charge is 0.263 e. The summed E-state index contributed by atoms with van der Waals surface area (Å²) in [5.74, 6) is 2.04. The van der Waals surface area contributed by atoms with Crippen molar-refractivity contribution in [2.75, 3.05) is 13.1 Å². The first kappa shape index (κ1) is 18.5. The minimum absolute atomic E-state index is 0.0433. The normalized spacial score (nSPS) is 18.2. The number of carbonyl (C=O) groups is 1. The summed E-state index contributed by atoms with van der Waals surface area (Å²) in [6, 6.07) is 14.0. The first-order valence-corrected chi connectivity index (χ1v) is 9.99. The molecular formula is C23H27N3O2. The molecule has 1 N–H and O–H groups in total. The molecule has 2 heterocycles. The highest BCUT2D eigenvalue weighted by Gasteiger charge is 2.30. The van der Waals surface area contributed by atoms with Gasteiger partial charge in [0.2, 0.25) is 0 Å². The predicted octanol–water partition coefficient (Wildman–Crippen LogP) is 4.35. The zero-order valence-corrected chi connectivity index (χ0v) is 16.7. The van der Waals surface area contributed by atoms with Crippen molar-refractivity contribution >= 4 is 16.9 Å². The lowest BCUT2D eigenvalue weighted by Gasteiger charge is -2.33. The Bertz CT molecular complexity index is 961. The van der Waals surface area contributed by atoms with Crippen LogP contribution in [-0.2, 0) is 4.79 Å². The number of aromatic amines is 1. The summed E-state index contributed by atoms with van der Waals surface area (Å²) in [5.41, 5.74) is 4.28. The number of carbonyl (C=O) groups excluding carboxylic acids is 1. The van der Waals surface area contributed by atoms with Crippen molar-refractivity contribution in [3.8, 4) is 5.75 Å². The van der Waals surface area contributed by atoms with Gasteiger partial charge in [0.15, 0.2) is 6.10 Å². The summed E-state index contributed by atoms with van der Waals surface area (Å²) in [6.45, 7) is 7.38. The third-order valence-electron chi connectivity index (χ3n) is 5.73. The summed E-state index contributed by atoms with van der Waals surface area (Å²) in [4.78, 5) is 23.1. The van der Waals surface area contributed by atoms with E-state index in [0.717, 1.165) is 47.6 Å². The Labute approximate surface area is 165 Å². The number of aromatic nitrogens is 2. The van der Waals surface area contributed by atoms with Crippen molar-refractivity contribution in [2.45, 2.75) is 45.6 Å². The number of H-pyrrole nitrogens is 1. The lowest BCUT2D eigenvalue weighted by atomic mass is 9.97. The number of amides is 1. The molecule has 1 fully saturated rings. The third-order valence-corrected chi connectivity index (χ3v) is 5.73. The highest BCUT2D eigenvalue weighted by molar-refractivity contribution is 5.81. The van der Waals surface area contributed by atoms with Gasteiger partial charge in [-0.2, -0.15) is 0 Å². The lowest BCUT2D eigenvalue weighted by Crippen LogP contribution is -2.45. The minimum atomic E-state index is -0.505. The number of aryl methyl sites for hydroxylation is 1. The number of ether oxygens (including phenoxy) is 1. The van der Waals surface area contributed by atoms with Gasteiger partial charge >= 0.3 is 0 Å². The molecule has 1 saturated heterocycles. The molecule has 0 aliphatic carbocycles. The predicted molar refractivity (Wildman–Crippen MR) is 111 cm³/mol. The first-order chi connectivity index (χ1) is 13.5. The van der Waals surface area contributed by atoms with Crippen molar-refractivity contribution in [3.63, 3.8) is 0 Å². The number of hydrogen-bond donors (Lipinski definition) is 1. The van der Waals surface area contributed by atoms with Crippen LogP contribution < -0.4 is 4.74 Å². The maximum absolute atomic E-state index is 13.0. The Morgan fingerprint density at radius 3 is 2.86 bits per heavy atom. The second-order valence-corrected chi connectivity index (χ2v) is 7.72. The summed E-state index contributed by atoms with van der Waals surface area (Å²) in [5, 5.41) is 0. The second kappa shape index (κ2) is 7.66. The number of para-hydroxylation sites is 2. The molecule has 1 aliphatic rings. The van der Waals surface area contributed by atoms with E-state index in [4.69, 9.17) is 9.72 Å². The van der Waals surface area contributed by atoms with E-state index in [2.05, 4.69) is 18.0 Å². The molecule has 1 aromatic heterocycles. The van der Waals surface area contributed by atoms with E-state index >= 15 is 0 Å². The molecule has 0 unspecified atom stereocenters. The van der Waals surface area contributed by atoms with Gasteiger partial charge in [0.1, 0.15) is 11.6 Å². The SMILES string of the molecule is Cc1cccc(O[C@H](C)C(=O)N2CCC[C@@H](c3nc4ccccc4[nH]3)C2)c1C. The van der Waals surface area contributed by atoms with Crippen molar-refractivity contribution in [1.82, 2.24) is 14.9 Å².